The molecule has 0 radical (unpaired) electrons. The third-order valence-corrected chi connectivity index (χ3v) is 7.52. The number of nitrogens with one attached hydrogen (secondary N) is 4. The number of carbonyl (C=O) groups is 3. The maximum Gasteiger partial charge on any atom is 0.326 e. The SMILES string of the molecule is O=C1NC(=O)/C(=C\c2ccc(N/C(=C3\C(=O)Nc4ccc([N+](=O)[O-])cc43)c3ccc(CN4CCCCC4)cc3)cc2)N1. The van der Waals surface area contributed by atoms with Gasteiger partial charge < -0.3 is 16.0 Å². The van der Waals surface area contributed by atoms with Gasteiger partial charge in [0.2, 0.25) is 0 Å². The van der Waals surface area contributed by atoms with Crippen molar-refractivity contribution < 1.29 is 19.3 Å². The van der Waals surface area contributed by atoms with Gasteiger partial charge in [-0.3, -0.25) is 29.9 Å². The molecular formula is C31H28N6O5. The van der Waals surface area contributed by atoms with Crippen molar-refractivity contribution >= 4 is 52.3 Å². The van der Waals surface area contributed by atoms with Crippen LogP contribution in [0.25, 0.3) is 17.3 Å². The van der Waals surface area contributed by atoms with Crippen LogP contribution in [0.1, 0.15) is 41.5 Å². The van der Waals surface area contributed by atoms with Gasteiger partial charge in [-0.1, -0.05) is 42.8 Å². The van der Waals surface area contributed by atoms with Crippen LogP contribution in [0.2, 0.25) is 0 Å². The summed E-state index contributed by atoms with van der Waals surface area (Å²) in [5.41, 5.74) is 5.04. The second-order valence-electron chi connectivity index (χ2n) is 10.4. The zero-order chi connectivity index (χ0) is 29.2. The highest BCUT2D eigenvalue weighted by atomic mass is 16.6. The molecule has 11 nitrogen and oxygen atoms in total. The van der Waals surface area contributed by atoms with Crippen molar-refractivity contribution in [1.29, 1.82) is 0 Å². The molecule has 0 bridgehead atoms. The van der Waals surface area contributed by atoms with E-state index < -0.39 is 16.9 Å². The van der Waals surface area contributed by atoms with Gasteiger partial charge in [0, 0.05) is 35.6 Å². The summed E-state index contributed by atoms with van der Waals surface area (Å²) in [6, 6.07) is 18.9. The molecular weight excluding hydrogens is 536 g/mol. The lowest BCUT2D eigenvalue weighted by atomic mass is 9.98. The van der Waals surface area contributed by atoms with E-state index in [1.54, 1.807) is 30.3 Å². The maximum atomic E-state index is 13.3. The molecule has 2 fully saturated rings. The van der Waals surface area contributed by atoms with E-state index in [1.165, 1.54) is 37.5 Å². The molecule has 4 amide bonds. The van der Waals surface area contributed by atoms with Crippen LogP contribution in [-0.4, -0.2) is 40.8 Å². The highest BCUT2D eigenvalue weighted by molar-refractivity contribution is 6.37. The Kier molecular flexibility index (Phi) is 7.24. The minimum atomic E-state index is -0.571. The minimum Gasteiger partial charge on any atom is -0.354 e. The Hall–Kier alpha value is -5.29. The number of nitro benzene ring substituents is 1. The molecule has 3 aliphatic heterocycles. The first-order valence-electron chi connectivity index (χ1n) is 13.7. The normalized spacial score (nSPS) is 18.8. The number of hydrogen-bond acceptors (Lipinski definition) is 7. The van der Waals surface area contributed by atoms with Crippen molar-refractivity contribution in [2.45, 2.75) is 25.8 Å². The van der Waals surface area contributed by atoms with Crippen LogP contribution in [-0.2, 0) is 16.1 Å². The lowest BCUT2D eigenvalue weighted by Crippen LogP contribution is -2.29. The molecule has 6 rings (SSSR count). The largest absolute Gasteiger partial charge is 0.354 e. The molecule has 0 unspecified atom stereocenters. The van der Waals surface area contributed by atoms with Gasteiger partial charge in [-0.2, -0.15) is 0 Å². The molecule has 0 atom stereocenters. The van der Waals surface area contributed by atoms with Gasteiger partial charge >= 0.3 is 6.03 Å². The highest BCUT2D eigenvalue weighted by Gasteiger charge is 2.30. The van der Waals surface area contributed by atoms with Crippen LogP contribution in [0.3, 0.4) is 0 Å². The summed E-state index contributed by atoms with van der Waals surface area (Å²) in [5, 5.41) is 22.3. The smallest absolute Gasteiger partial charge is 0.326 e. The van der Waals surface area contributed by atoms with Gasteiger partial charge in [-0.05, 0) is 66.9 Å². The number of urea groups is 1. The van der Waals surface area contributed by atoms with Gasteiger partial charge in [0.1, 0.15) is 5.70 Å². The fraction of sp³-hybridized carbons (Fsp3) is 0.194. The number of likely N-dealkylation sites (tertiary alicyclic amines) is 1. The summed E-state index contributed by atoms with van der Waals surface area (Å²) in [5.74, 6) is -0.868. The van der Waals surface area contributed by atoms with Crippen LogP contribution in [0.15, 0.2) is 72.4 Å². The molecule has 0 spiro atoms. The Labute approximate surface area is 241 Å². The van der Waals surface area contributed by atoms with Gasteiger partial charge in [-0.15, -0.1) is 0 Å². The van der Waals surface area contributed by atoms with Crippen LogP contribution >= 0.6 is 0 Å². The molecule has 3 aromatic rings. The van der Waals surface area contributed by atoms with Crippen molar-refractivity contribution in [3.8, 4) is 0 Å². The topological polar surface area (TPSA) is 146 Å². The van der Waals surface area contributed by atoms with Gasteiger partial charge in [0.05, 0.1) is 16.2 Å². The van der Waals surface area contributed by atoms with Gasteiger partial charge in [0.25, 0.3) is 17.5 Å². The molecule has 4 N–H and O–H groups in total. The molecule has 2 saturated heterocycles. The Morgan fingerprint density at radius 3 is 2.29 bits per heavy atom. The molecule has 11 heteroatoms. The monoisotopic (exact) mass is 564 g/mol. The van der Waals surface area contributed by atoms with E-state index in [-0.39, 0.29) is 17.3 Å². The van der Waals surface area contributed by atoms with Gasteiger partial charge in [0.15, 0.2) is 0 Å². The number of fused-ring (bicyclic) bond motifs is 1. The second kappa shape index (κ2) is 11.3. The van der Waals surface area contributed by atoms with E-state index in [4.69, 9.17) is 0 Å². The molecule has 0 saturated carbocycles. The molecule has 3 aliphatic rings. The van der Waals surface area contributed by atoms with Crippen molar-refractivity contribution in [2.24, 2.45) is 0 Å². The summed E-state index contributed by atoms with van der Waals surface area (Å²) in [6.07, 6.45) is 5.24. The average Bonchev–Trinajstić information content (AvgIpc) is 3.49. The first kappa shape index (κ1) is 26.9. The first-order valence-corrected chi connectivity index (χ1v) is 13.7. The van der Waals surface area contributed by atoms with Crippen LogP contribution in [0.4, 0.5) is 21.9 Å². The first-order chi connectivity index (χ1) is 20.3. The van der Waals surface area contributed by atoms with Crippen molar-refractivity contribution in [3.63, 3.8) is 0 Å². The Morgan fingerprint density at radius 1 is 0.881 bits per heavy atom. The fourth-order valence-corrected chi connectivity index (χ4v) is 5.40. The van der Waals surface area contributed by atoms with Crippen LogP contribution < -0.4 is 21.3 Å². The summed E-state index contributed by atoms with van der Waals surface area (Å²) in [6.45, 7) is 3.01. The van der Waals surface area contributed by atoms with Crippen molar-refractivity contribution in [3.05, 3.63) is 105 Å². The van der Waals surface area contributed by atoms with Crippen molar-refractivity contribution in [1.82, 2.24) is 15.5 Å². The summed E-state index contributed by atoms with van der Waals surface area (Å²) >= 11 is 0. The van der Waals surface area contributed by atoms with E-state index in [2.05, 4.69) is 26.2 Å². The van der Waals surface area contributed by atoms with E-state index >= 15 is 0 Å². The summed E-state index contributed by atoms with van der Waals surface area (Å²) < 4.78 is 0. The molecule has 3 aromatic carbocycles. The lowest BCUT2D eigenvalue weighted by Gasteiger charge is -2.26. The molecule has 0 aromatic heterocycles. The lowest BCUT2D eigenvalue weighted by molar-refractivity contribution is -0.384. The number of anilines is 2. The number of non-ortho nitro benzene ring substituents is 1. The number of carbonyl (C=O) groups excluding carboxylic acids is 3. The Morgan fingerprint density at radius 2 is 1.62 bits per heavy atom. The second-order valence-corrected chi connectivity index (χ2v) is 10.4. The predicted octanol–water partition coefficient (Wildman–Crippen LogP) is 4.69. The third-order valence-electron chi connectivity index (χ3n) is 7.52. The number of benzene rings is 3. The van der Waals surface area contributed by atoms with Crippen molar-refractivity contribution in [2.75, 3.05) is 23.7 Å². The number of rotatable bonds is 7. The number of piperidine rings is 1. The zero-order valence-electron chi connectivity index (χ0n) is 22.6. The summed E-state index contributed by atoms with van der Waals surface area (Å²) in [7, 11) is 0. The highest BCUT2D eigenvalue weighted by Crippen LogP contribution is 2.39. The van der Waals surface area contributed by atoms with E-state index in [0.717, 1.165) is 30.8 Å². The van der Waals surface area contributed by atoms with Crippen LogP contribution in [0.5, 0.6) is 0 Å². The Balaban J connectivity index is 1.35. The maximum absolute atomic E-state index is 13.3. The average molecular weight is 565 g/mol. The van der Waals surface area contributed by atoms with E-state index in [9.17, 15) is 24.5 Å². The molecule has 212 valence electrons. The predicted molar refractivity (Wildman–Crippen MR) is 159 cm³/mol. The van der Waals surface area contributed by atoms with E-state index in [0.29, 0.717) is 33.8 Å². The standard InChI is InChI=1S/C31H28N6O5/c38-29-26(34-31(40)35-29)16-19-6-10-22(11-7-19)32-28(21-8-4-20(5-9-21)18-36-14-2-1-3-15-36)27-24-17-23(37(41)42)12-13-25(24)33-30(27)39/h4-13,16-17,32H,1-3,14-15,18H2,(H,33,39)(H2,34,35,38,40)/b26-16+,28-27-. The third kappa shape index (κ3) is 5.63. The number of nitrogens with zero attached hydrogens (tertiary/aromatic N) is 2. The number of hydrogen-bond donors (Lipinski definition) is 4. The number of amides is 4. The zero-order valence-corrected chi connectivity index (χ0v) is 22.6. The van der Waals surface area contributed by atoms with Crippen LogP contribution in [0, 0.1) is 10.1 Å². The summed E-state index contributed by atoms with van der Waals surface area (Å²) in [4.78, 5) is 50.1. The molecule has 42 heavy (non-hydrogen) atoms. The number of nitro groups is 1. The number of imide groups is 1. The fourth-order valence-electron chi connectivity index (χ4n) is 5.40. The molecule has 0 aliphatic carbocycles. The molecule has 3 heterocycles. The van der Waals surface area contributed by atoms with Gasteiger partial charge in [-0.25, -0.2) is 4.79 Å². The quantitative estimate of drug-likeness (QED) is 0.141. The minimum absolute atomic E-state index is 0.112. The van der Waals surface area contributed by atoms with E-state index in [1.807, 2.05) is 24.3 Å². The Bertz CT molecular complexity index is 1650.